The van der Waals surface area contributed by atoms with Crippen molar-refractivity contribution in [3.8, 4) is 0 Å². The molecule has 0 aliphatic rings. The van der Waals surface area contributed by atoms with Crippen LogP contribution in [0.3, 0.4) is 0 Å². The number of H-pyrrole nitrogens is 1. The predicted octanol–water partition coefficient (Wildman–Crippen LogP) is -1.21. The Morgan fingerprint density at radius 2 is 2.22 bits per heavy atom. The highest BCUT2D eigenvalue weighted by Gasteiger charge is 2.20. The van der Waals surface area contributed by atoms with Gasteiger partial charge in [0.25, 0.3) is 0 Å². The van der Waals surface area contributed by atoms with Crippen LogP contribution in [-0.4, -0.2) is 39.1 Å². The number of primary amides is 1. The van der Waals surface area contributed by atoms with Gasteiger partial charge < -0.3 is 16.2 Å². The summed E-state index contributed by atoms with van der Waals surface area (Å²) in [5.74, 6) is -2.27. The highest BCUT2D eigenvalue weighted by molar-refractivity contribution is 5.85. The third-order valence-corrected chi connectivity index (χ3v) is 2.22. The molecule has 0 unspecified atom stereocenters. The number of amides is 2. The Hall–Kier alpha value is -2.38. The Kier molecular flexibility index (Phi) is 4.85. The van der Waals surface area contributed by atoms with Gasteiger partial charge in [-0.05, 0) is 12.5 Å². The summed E-state index contributed by atoms with van der Waals surface area (Å²) in [7, 11) is 0. The van der Waals surface area contributed by atoms with Crippen LogP contribution in [0.2, 0.25) is 0 Å². The number of nitrogens with zero attached hydrogens (tertiary/aromatic N) is 1. The molecule has 0 aromatic carbocycles. The van der Waals surface area contributed by atoms with E-state index in [1.165, 1.54) is 6.20 Å². The molecule has 0 radical (unpaired) electrons. The monoisotopic (exact) mass is 254 g/mol. The van der Waals surface area contributed by atoms with Gasteiger partial charge in [-0.2, -0.15) is 5.10 Å². The molecule has 0 saturated heterocycles. The van der Waals surface area contributed by atoms with Crippen molar-refractivity contribution in [1.82, 2.24) is 15.5 Å². The number of rotatable bonds is 7. The van der Waals surface area contributed by atoms with Crippen LogP contribution in [0.15, 0.2) is 12.3 Å². The molecule has 1 aromatic rings. The molecule has 8 nitrogen and oxygen atoms in total. The number of hydrogen-bond acceptors (Lipinski definition) is 4. The number of aromatic amines is 1. The average Bonchev–Trinajstić information content (AvgIpc) is 2.76. The summed E-state index contributed by atoms with van der Waals surface area (Å²) in [6.45, 7) is 0. The lowest BCUT2D eigenvalue weighted by atomic mass is 10.1. The first-order chi connectivity index (χ1) is 8.49. The number of aromatic nitrogens is 2. The topological polar surface area (TPSA) is 138 Å². The molecule has 0 aliphatic carbocycles. The zero-order valence-corrected chi connectivity index (χ0v) is 9.55. The van der Waals surface area contributed by atoms with Gasteiger partial charge in [-0.3, -0.25) is 14.7 Å². The van der Waals surface area contributed by atoms with Crippen molar-refractivity contribution in [2.24, 2.45) is 5.73 Å². The van der Waals surface area contributed by atoms with E-state index in [4.69, 9.17) is 10.8 Å². The summed E-state index contributed by atoms with van der Waals surface area (Å²) < 4.78 is 0. The lowest BCUT2D eigenvalue weighted by molar-refractivity contribution is -0.142. The zero-order valence-electron chi connectivity index (χ0n) is 9.55. The molecule has 1 atom stereocenters. The maximum absolute atomic E-state index is 11.5. The van der Waals surface area contributed by atoms with E-state index in [1.807, 2.05) is 0 Å². The van der Waals surface area contributed by atoms with Crippen molar-refractivity contribution in [2.75, 3.05) is 0 Å². The van der Waals surface area contributed by atoms with Crippen LogP contribution in [0.25, 0.3) is 0 Å². The molecule has 0 saturated carbocycles. The van der Waals surface area contributed by atoms with Crippen molar-refractivity contribution in [1.29, 1.82) is 0 Å². The van der Waals surface area contributed by atoms with Crippen molar-refractivity contribution >= 4 is 17.8 Å². The van der Waals surface area contributed by atoms with E-state index in [-0.39, 0.29) is 19.3 Å². The minimum atomic E-state index is -1.20. The SMILES string of the molecule is NC(=O)CC[C@H](NC(=O)Cc1ccn[nH]1)C(=O)O. The van der Waals surface area contributed by atoms with E-state index in [0.29, 0.717) is 5.69 Å². The fraction of sp³-hybridized carbons (Fsp3) is 0.400. The van der Waals surface area contributed by atoms with Gasteiger partial charge in [-0.1, -0.05) is 0 Å². The van der Waals surface area contributed by atoms with Crippen molar-refractivity contribution in [3.05, 3.63) is 18.0 Å². The number of carboxylic acids is 1. The zero-order chi connectivity index (χ0) is 13.5. The van der Waals surface area contributed by atoms with Crippen molar-refractivity contribution in [2.45, 2.75) is 25.3 Å². The van der Waals surface area contributed by atoms with Crippen LogP contribution < -0.4 is 11.1 Å². The first-order valence-electron chi connectivity index (χ1n) is 5.27. The van der Waals surface area contributed by atoms with E-state index < -0.39 is 23.8 Å². The third-order valence-electron chi connectivity index (χ3n) is 2.22. The Labute approximate surface area is 103 Å². The summed E-state index contributed by atoms with van der Waals surface area (Å²) in [6, 6.07) is 0.492. The van der Waals surface area contributed by atoms with E-state index >= 15 is 0 Å². The lowest BCUT2D eigenvalue weighted by Gasteiger charge is -2.13. The van der Waals surface area contributed by atoms with Crippen LogP contribution in [0.4, 0.5) is 0 Å². The summed E-state index contributed by atoms with van der Waals surface area (Å²) in [5.41, 5.74) is 5.50. The smallest absolute Gasteiger partial charge is 0.326 e. The normalized spacial score (nSPS) is 11.8. The average molecular weight is 254 g/mol. The summed E-state index contributed by atoms with van der Waals surface area (Å²) in [4.78, 5) is 33.0. The fourth-order valence-electron chi connectivity index (χ4n) is 1.35. The molecule has 5 N–H and O–H groups in total. The van der Waals surface area contributed by atoms with Gasteiger partial charge in [0.2, 0.25) is 11.8 Å². The quantitative estimate of drug-likeness (QED) is 0.483. The first kappa shape index (κ1) is 13.7. The van der Waals surface area contributed by atoms with Crippen LogP contribution in [0.5, 0.6) is 0 Å². The number of nitrogens with one attached hydrogen (secondary N) is 2. The predicted molar refractivity (Wildman–Crippen MR) is 60.3 cm³/mol. The minimum absolute atomic E-state index is 0.000349. The summed E-state index contributed by atoms with van der Waals surface area (Å²) in [5, 5.41) is 17.4. The maximum Gasteiger partial charge on any atom is 0.326 e. The number of hydrogen-bond donors (Lipinski definition) is 4. The summed E-state index contributed by atoms with van der Waals surface area (Å²) in [6.07, 6.45) is 1.37. The first-order valence-corrected chi connectivity index (χ1v) is 5.27. The lowest BCUT2D eigenvalue weighted by Crippen LogP contribution is -2.42. The van der Waals surface area contributed by atoms with E-state index in [1.54, 1.807) is 6.07 Å². The maximum atomic E-state index is 11.5. The molecule has 1 rings (SSSR count). The van der Waals surface area contributed by atoms with Crippen LogP contribution in [0, 0.1) is 0 Å². The van der Waals surface area contributed by atoms with Gasteiger partial charge in [-0.25, -0.2) is 4.79 Å². The number of aliphatic carboxylic acids is 1. The fourth-order valence-corrected chi connectivity index (χ4v) is 1.35. The van der Waals surface area contributed by atoms with Crippen LogP contribution >= 0.6 is 0 Å². The second kappa shape index (κ2) is 6.38. The molecule has 0 bridgehead atoms. The largest absolute Gasteiger partial charge is 0.480 e. The van der Waals surface area contributed by atoms with E-state index in [2.05, 4.69) is 15.5 Å². The molecule has 0 fully saturated rings. The Morgan fingerprint density at radius 1 is 1.50 bits per heavy atom. The standard InChI is InChI=1S/C10H14N4O4/c11-8(15)2-1-7(10(17)18)13-9(16)5-6-3-4-12-14-6/h3-4,7H,1-2,5H2,(H2,11,15)(H,12,14)(H,13,16)(H,17,18)/t7-/m0/s1. The summed E-state index contributed by atoms with van der Waals surface area (Å²) >= 11 is 0. The van der Waals surface area contributed by atoms with Gasteiger partial charge in [0.1, 0.15) is 6.04 Å². The molecule has 98 valence electrons. The molecule has 1 aromatic heterocycles. The third kappa shape index (κ3) is 4.64. The Bertz CT molecular complexity index is 429. The van der Waals surface area contributed by atoms with Crippen LogP contribution in [0.1, 0.15) is 18.5 Å². The molecular weight excluding hydrogens is 240 g/mol. The Morgan fingerprint density at radius 3 is 2.72 bits per heavy atom. The Balaban J connectivity index is 2.47. The van der Waals surface area contributed by atoms with E-state index in [0.717, 1.165) is 0 Å². The molecule has 0 spiro atoms. The van der Waals surface area contributed by atoms with Gasteiger partial charge in [-0.15, -0.1) is 0 Å². The van der Waals surface area contributed by atoms with Gasteiger partial charge in [0.15, 0.2) is 0 Å². The minimum Gasteiger partial charge on any atom is -0.480 e. The molecule has 8 heteroatoms. The molecule has 2 amide bonds. The number of carbonyl (C=O) groups excluding carboxylic acids is 2. The second-order valence-corrected chi connectivity index (χ2v) is 3.72. The molecule has 18 heavy (non-hydrogen) atoms. The van der Waals surface area contributed by atoms with Crippen molar-refractivity contribution in [3.63, 3.8) is 0 Å². The highest BCUT2D eigenvalue weighted by Crippen LogP contribution is 1.99. The van der Waals surface area contributed by atoms with Crippen LogP contribution in [-0.2, 0) is 20.8 Å². The molecule has 1 heterocycles. The molecular formula is C10H14N4O4. The highest BCUT2D eigenvalue weighted by atomic mass is 16.4. The van der Waals surface area contributed by atoms with Gasteiger partial charge in [0.05, 0.1) is 6.42 Å². The van der Waals surface area contributed by atoms with Crippen molar-refractivity contribution < 1.29 is 19.5 Å². The van der Waals surface area contributed by atoms with E-state index in [9.17, 15) is 14.4 Å². The second-order valence-electron chi connectivity index (χ2n) is 3.72. The number of carboxylic acid groups (broad SMARTS) is 1. The number of nitrogens with two attached hydrogens (primary N) is 1. The van der Waals surface area contributed by atoms with Gasteiger partial charge in [0, 0.05) is 18.3 Å². The molecule has 0 aliphatic heterocycles. The van der Waals surface area contributed by atoms with Gasteiger partial charge >= 0.3 is 5.97 Å². The number of carbonyl (C=O) groups is 3.